The highest BCUT2D eigenvalue weighted by molar-refractivity contribution is 9.08. The van der Waals surface area contributed by atoms with E-state index in [2.05, 4.69) is 25.5 Å². The lowest BCUT2D eigenvalue weighted by atomic mass is 10.1. The van der Waals surface area contributed by atoms with Crippen molar-refractivity contribution < 1.29 is 14.7 Å². The van der Waals surface area contributed by atoms with Gasteiger partial charge in [-0.05, 0) is 0 Å². The number of carbonyl (C=O) groups is 2. The molecule has 0 aromatic carbocycles. The zero-order valence-corrected chi connectivity index (χ0v) is 8.96. The highest BCUT2D eigenvalue weighted by Crippen LogP contribution is 2.00. The Hall–Kier alpha value is -0.910. The second-order valence-corrected chi connectivity index (χ2v) is 3.06. The summed E-state index contributed by atoms with van der Waals surface area (Å²) in [4.78, 5) is 21.3. The minimum Gasteiger partial charge on any atom is -0.480 e. The molecule has 0 aliphatic heterocycles. The Bertz CT molecular complexity index is 238. The van der Waals surface area contributed by atoms with E-state index in [1.807, 2.05) is 0 Å². The van der Waals surface area contributed by atoms with E-state index in [9.17, 15) is 9.59 Å². The van der Waals surface area contributed by atoms with Crippen LogP contribution in [-0.2, 0) is 9.59 Å². The first-order chi connectivity index (χ1) is 5.99. The largest absolute Gasteiger partial charge is 0.480 e. The number of carboxylic acid groups (broad SMARTS) is 1. The number of rotatable bonds is 4. The van der Waals surface area contributed by atoms with Gasteiger partial charge in [0.2, 0.25) is 0 Å². The van der Waals surface area contributed by atoms with Crippen molar-refractivity contribution >= 4 is 33.7 Å². The molecule has 0 fully saturated rings. The Balaban J connectivity index is 4.17. The van der Waals surface area contributed by atoms with Crippen LogP contribution in [0.4, 0.5) is 0 Å². The fourth-order valence-corrected chi connectivity index (χ4v) is 1.22. The molecular weight excluding hydrogens is 240 g/mol. The molecule has 0 rings (SSSR count). The van der Waals surface area contributed by atoms with Gasteiger partial charge in [-0.15, -0.1) is 0 Å². The predicted molar refractivity (Wildman–Crippen MR) is 51.8 cm³/mol. The molecule has 1 amide bonds. The van der Waals surface area contributed by atoms with Crippen molar-refractivity contribution in [1.82, 2.24) is 5.32 Å². The number of aliphatic carboxylic acids is 1. The van der Waals surface area contributed by atoms with Gasteiger partial charge in [-0.3, -0.25) is 9.59 Å². The van der Waals surface area contributed by atoms with Crippen LogP contribution < -0.4 is 5.32 Å². The molecule has 0 aromatic heterocycles. The van der Waals surface area contributed by atoms with Crippen molar-refractivity contribution in [1.29, 1.82) is 0 Å². The van der Waals surface area contributed by atoms with Gasteiger partial charge in [-0.25, -0.2) is 4.02 Å². The predicted octanol–water partition coefficient (Wildman–Crippen LogP) is 0.594. The van der Waals surface area contributed by atoms with E-state index in [4.69, 9.17) is 5.11 Å². The molecule has 0 aromatic rings. The highest BCUT2D eigenvalue weighted by Gasteiger charge is 2.15. The number of amides is 1. The minimum absolute atomic E-state index is 0.0480. The van der Waals surface area contributed by atoms with Crippen LogP contribution >= 0.6 is 16.1 Å². The molecule has 13 heavy (non-hydrogen) atoms. The van der Waals surface area contributed by atoms with Crippen molar-refractivity contribution in [2.24, 2.45) is 9.94 Å². The molecule has 0 bridgehead atoms. The van der Waals surface area contributed by atoms with Crippen LogP contribution in [0, 0.1) is 5.92 Å². The minimum atomic E-state index is -1.08. The fraction of sp³-hybridized carbons (Fsp3) is 0.571. The number of nitrogens with one attached hydrogen (secondary N) is 1. The third-order valence-electron chi connectivity index (χ3n) is 1.27. The molecule has 5 nitrogen and oxygen atoms in total. The van der Waals surface area contributed by atoms with E-state index in [1.54, 1.807) is 13.8 Å². The topological polar surface area (TPSA) is 78.8 Å². The number of nitrogens with zero attached hydrogens (tertiary/aromatic N) is 1. The first kappa shape index (κ1) is 12.1. The molecule has 0 saturated heterocycles. The summed E-state index contributed by atoms with van der Waals surface area (Å²) in [5, 5.41) is 10.5. The van der Waals surface area contributed by atoms with Crippen molar-refractivity contribution in [2.45, 2.75) is 13.8 Å². The molecule has 0 unspecified atom stereocenters. The van der Waals surface area contributed by atoms with E-state index in [0.29, 0.717) is 0 Å². The zero-order valence-electron chi connectivity index (χ0n) is 7.37. The Kier molecular flexibility index (Phi) is 5.29. The molecule has 0 aliphatic rings. The SMILES string of the molecule is CC(C)/C(=N/Br)C(=O)NCC(=O)O. The van der Waals surface area contributed by atoms with Crippen LogP contribution in [0.15, 0.2) is 4.02 Å². The maximum absolute atomic E-state index is 11.2. The third-order valence-corrected chi connectivity index (χ3v) is 1.65. The van der Waals surface area contributed by atoms with E-state index in [1.165, 1.54) is 0 Å². The lowest BCUT2D eigenvalue weighted by Crippen LogP contribution is -2.36. The summed E-state index contributed by atoms with van der Waals surface area (Å²) in [7, 11) is 0. The number of carbonyl (C=O) groups excluding carboxylic acids is 1. The summed E-state index contributed by atoms with van der Waals surface area (Å²) in [6.07, 6.45) is 0. The standard InChI is InChI=1S/C7H11BrN2O3/c1-4(2)6(10-8)7(13)9-3-5(11)12/h4H,3H2,1-2H3,(H,9,13)(H,11,12)/b10-6-. The van der Waals surface area contributed by atoms with E-state index in [-0.39, 0.29) is 11.6 Å². The number of halogens is 1. The van der Waals surface area contributed by atoms with Crippen molar-refractivity contribution in [3.05, 3.63) is 0 Å². The molecule has 0 heterocycles. The van der Waals surface area contributed by atoms with E-state index < -0.39 is 18.4 Å². The monoisotopic (exact) mass is 250 g/mol. The second kappa shape index (κ2) is 5.69. The van der Waals surface area contributed by atoms with Crippen molar-refractivity contribution in [3.63, 3.8) is 0 Å². The number of carboxylic acids is 1. The van der Waals surface area contributed by atoms with Crippen LogP contribution in [0.3, 0.4) is 0 Å². The average molecular weight is 251 g/mol. The van der Waals surface area contributed by atoms with Gasteiger partial charge in [0.15, 0.2) is 0 Å². The van der Waals surface area contributed by atoms with Gasteiger partial charge in [-0.1, -0.05) is 13.8 Å². The second-order valence-electron chi connectivity index (χ2n) is 2.70. The van der Waals surface area contributed by atoms with Gasteiger partial charge in [0.05, 0.1) is 16.1 Å². The molecule has 0 radical (unpaired) electrons. The van der Waals surface area contributed by atoms with Gasteiger partial charge < -0.3 is 10.4 Å². The number of hydrogen-bond donors (Lipinski definition) is 2. The summed E-state index contributed by atoms with van der Waals surface area (Å²) in [5.41, 5.74) is 0.279. The fourth-order valence-electron chi connectivity index (χ4n) is 0.645. The lowest BCUT2D eigenvalue weighted by Gasteiger charge is -2.07. The maximum atomic E-state index is 11.2. The molecule has 6 heteroatoms. The first-order valence-corrected chi connectivity index (χ1v) is 4.38. The van der Waals surface area contributed by atoms with Crippen molar-refractivity contribution in [3.8, 4) is 0 Å². The van der Waals surface area contributed by atoms with Gasteiger partial charge in [0.1, 0.15) is 12.3 Å². The van der Waals surface area contributed by atoms with Crippen LogP contribution in [0.1, 0.15) is 13.8 Å². The summed E-state index contributed by atoms with van der Waals surface area (Å²) >= 11 is 2.80. The Morgan fingerprint density at radius 3 is 2.38 bits per heavy atom. The summed E-state index contributed by atoms with van der Waals surface area (Å²) < 4.78 is 3.59. The average Bonchev–Trinajstić information content (AvgIpc) is 2.01. The molecule has 0 atom stereocenters. The normalized spacial score (nSPS) is 11.5. The van der Waals surface area contributed by atoms with Crippen LogP contribution in [0.2, 0.25) is 0 Å². The van der Waals surface area contributed by atoms with Gasteiger partial charge >= 0.3 is 5.97 Å². The van der Waals surface area contributed by atoms with Crippen LogP contribution in [-0.4, -0.2) is 29.2 Å². The van der Waals surface area contributed by atoms with Gasteiger partial charge in [-0.2, -0.15) is 0 Å². The Labute approximate surface area is 84.6 Å². The number of hydrogen-bond acceptors (Lipinski definition) is 3. The smallest absolute Gasteiger partial charge is 0.322 e. The summed E-state index contributed by atoms with van der Waals surface area (Å²) in [6, 6.07) is 0. The maximum Gasteiger partial charge on any atom is 0.322 e. The van der Waals surface area contributed by atoms with E-state index in [0.717, 1.165) is 0 Å². The molecular formula is C7H11BrN2O3. The van der Waals surface area contributed by atoms with Gasteiger partial charge in [0.25, 0.3) is 5.91 Å². The Morgan fingerprint density at radius 1 is 1.54 bits per heavy atom. The van der Waals surface area contributed by atoms with Crippen molar-refractivity contribution in [2.75, 3.05) is 6.54 Å². The summed E-state index contributed by atoms with van der Waals surface area (Å²) in [6.45, 7) is 3.19. The van der Waals surface area contributed by atoms with E-state index >= 15 is 0 Å². The molecule has 74 valence electrons. The highest BCUT2D eigenvalue weighted by atomic mass is 79.9. The molecule has 2 N–H and O–H groups in total. The third kappa shape index (κ3) is 4.62. The first-order valence-electron chi connectivity index (χ1n) is 3.67. The van der Waals surface area contributed by atoms with Crippen LogP contribution in [0.5, 0.6) is 0 Å². The Morgan fingerprint density at radius 2 is 2.08 bits per heavy atom. The molecule has 0 spiro atoms. The summed E-state index contributed by atoms with van der Waals surface area (Å²) in [5.74, 6) is -1.59. The molecule has 0 aliphatic carbocycles. The lowest BCUT2D eigenvalue weighted by molar-refractivity contribution is -0.137. The quantitative estimate of drug-likeness (QED) is 0.718. The van der Waals surface area contributed by atoms with Crippen LogP contribution in [0.25, 0.3) is 0 Å². The molecule has 0 saturated carbocycles. The zero-order chi connectivity index (χ0) is 10.4. The van der Waals surface area contributed by atoms with Gasteiger partial charge in [0, 0.05) is 5.92 Å².